The van der Waals surface area contributed by atoms with Crippen LogP contribution in [0, 0.1) is 5.41 Å². The Morgan fingerprint density at radius 3 is 2.45 bits per heavy atom. The molecule has 2 aliphatic heterocycles. The minimum atomic E-state index is -0.631. The molecule has 5 nitrogen and oxygen atoms in total. The maximum atomic E-state index is 11.9. The van der Waals surface area contributed by atoms with Gasteiger partial charge in [-0.1, -0.05) is 23.3 Å². The molecule has 0 unspecified atom stereocenters. The lowest BCUT2D eigenvalue weighted by Gasteiger charge is -2.41. The van der Waals surface area contributed by atoms with Crippen LogP contribution in [0.3, 0.4) is 0 Å². The molecule has 2 aliphatic rings. The first-order valence-electron chi connectivity index (χ1n) is 12.3. The van der Waals surface area contributed by atoms with Gasteiger partial charge in [-0.15, -0.1) is 0 Å². The molecule has 1 fully saturated rings. The van der Waals surface area contributed by atoms with E-state index in [4.69, 9.17) is 18.9 Å². The highest BCUT2D eigenvalue weighted by Crippen LogP contribution is 2.44. The van der Waals surface area contributed by atoms with Crippen molar-refractivity contribution in [1.82, 2.24) is 0 Å². The average molecular weight is 463 g/mol. The van der Waals surface area contributed by atoms with Crippen molar-refractivity contribution in [3.05, 3.63) is 34.9 Å². The first-order chi connectivity index (χ1) is 15.1. The summed E-state index contributed by atoms with van der Waals surface area (Å²) >= 11 is 0. The lowest BCUT2D eigenvalue weighted by Crippen LogP contribution is -2.51. The van der Waals surface area contributed by atoms with Crippen molar-refractivity contribution >= 4 is 5.97 Å². The van der Waals surface area contributed by atoms with Crippen LogP contribution >= 0.6 is 0 Å². The number of esters is 1. The van der Waals surface area contributed by atoms with E-state index in [9.17, 15) is 4.79 Å². The Labute approximate surface area is 201 Å². The van der Waals surface area contributed by atoms with Crippen molar-refractivity contribution in [2.24, 2.45) is 5.41 Å². The molecule has 1 saturated heterocycles. The van der Waals surface area contributed by atoms with Crippen molar-refractivity contribution < 1.29 is 23.7 Å². The minimum Gasteiger partial charge on any atom is -0.461 e. The smallest absolute Gasteiger partial charge is 0.311 e. The topological polar surface area (TPSA) is 54.0 Å². The second kappa shape index (κ2) is 10.9. The third-order valence-electron chi connectivity index (χ3n) is 6.46. The summed E-state index contributed by atoms with van der Waals surface area (Å²) in [5, 5.41) is 0. The van der Waals surface area contributed by atoms with Gasteiger partial charge >= 0.3 is 5.97 Å². The summed E-state index contributed by atoms with van der Waals surface area (Å²) in [6.07, 6.45) is 9.82. The van der Waals surface area contributed by atoms with E-state index in [-0.39, 0.29) is 24.3 Å². The normalized spacial score (nSPS) is 30.1. The van der Waals surface area contributed by atoms with Crippen molar-refractivity contribution in [3.8, 4) is 0 Å². The number of ether oxygens (including phenoxy) is 4. The SMILES string of the molecule is CC(C)=CC[C@@H]1OC(C)(C)O[C@]1(C)[C@H]1CC=C(C)[C@H](CC/C(C)=C/COC(=O)C(C)(C)C)O1. The molecule has 0 radical (unpaired) electrons. The fraction of sp³-hybridized carbons (Fsp3) is 0.750. The summed E-state index contributed by atoms with van der Waals surface area (Å²) < 4.78 is 24.8. The molecule has 33 heavy (non-hydrogen) atoms. The zero-order valence-electron chi connectivity index (χ0n) is 22.5. The van der Waals surface area contributed by atoms with Gasteiger partial charge in [0.05, 0.1) is 23.7 Å². The van der Waals surface area contributed by atoms with E-state index in [0.29, 0.717) is 6.61 Å². The van der Waals surface area contributed by atoms with Gasteiger partial charge in [0, 0.05) is 0 Å². The van der Waals surface area contributed by atoms with E-state index >= 15 is 0 Å². The van der Waals surface area contributed by atoms with Crippen LogP contribution in [-0.2, 0) is 23.7 Å². The molecule has 4 atom stereocenters. The Bertz CT molecular complexity index is 779. The number of allylic oxidation sites excluding steroid dienone is 2. The number of hydrogen-bond acceptors (Lipinski definition) is 5. The van der Waals surface area contributed by atoms with Crippen LogP contribution in [0.4, 0.5) is 0 Å². The van der Waals surface area contributed by atoms with Crippen molar-refractivity contribution in [2.45, 2.75) is 125 Å². The Morgan fingerprint density at radius 1 is 1.18 bits per heavy atom. The molecule has 2 heterocycles. The van der Waals surface area contributed by atoms with E-state index in [1.807, 2.05) is 40.7 Å². The van der Waals surface area contributed by atoms with Gasteiger partial charge in [-0.25, -0.2) is 0 Å². The molecule has 0 aliphatic carbocycles. The van der Waals surface area contributed by atoms with E-state index in [0.717, 1.165) is 25.7 Å². The largest absolute Gasteiger partial charge is 0.461 e. The molecular formula is C28H46O5. The summed E-state index contributed by atoms with van der Waals surface area (Å²) in [6, 6.07) is 0. The van der Waals surface area contributed by atoms with Crippen LogP contribution in [0.15, 0.2) is 34.9 Å². The molecule has 188 valence electrons. The molecule has 0 spiro atoms. The molecule has 2 rings (SSSR count). The molecule has 5 heteroatoms. The van der Waals surface area contributed by atoms with Gasteiger partial charge in [0.25, 0.3) is 0 Å². The third kappa shape index (κ3) is 7.80. The maximum Gasteiger partial charge on any atom is 0.311 e. The highest BCUT2D eigenvalue weighted by molar-refractivity contribution is 5.75. The standard InChI is InChI=1S/C28H46O5/c1-19(2)11-15-24-28(10,33-27(8,9)32-24)23-16-13-21(4)22(31-23)14-12-20(3)17-18-30-25(29)26(5,6)7/h11,13,17,22-24H,12,14-16,18H2,1-10H3/b20-17+/t22-,23+,24-,28+/m0/s1. The lowest BCUT2D eigenvalue weighted by molar-refractivity contribution is -0.194. The number of carbonyl (C=O) groups is 1. The predicted molar refractivity (Wildman–Crippen MR) is 133 cm³/mol. The van der Waals surface area contributed by atoms with Gasteiger partial charge in [0.2, 0.25) is 0 Å². The number of carbonyl (C=O) groups excluding carboxylic acids is 1. The van der Waals surface area contributed by atoms with E-state index in [1.165, 1.54) is 16.7 Å². The summed E-state index contributed by atoms with van der Waals surface area (Å²) in [7, 11) is 0. The Morgan fingerprint density at radius 2 is 1.85 bits per heavy atom. The van der Waals surface area contributed by atoms with Gasteiger partial charge in [0.15, 0.2) is 5.79 Å². The zero-order valence-corrected chi connectivity index (χ0v) is 22.5. The third-order valence-corrected chi connectivity index (χ3v) is 6.46. The molecule has 0 aromatic heterocycles. The monoisotopic (exact) mass is 462 g/mol. The maximum absolute atomic E-state index is 11.9. The summed E-state index contributed by atoms with van der Waals surface area (Å²) in [4.78, 5) is 11.9. The van der Waals surface area contributed by atoms with Crippen LogP contribution in [0.25, 0.3) is 0 Å². The van der Waals surface area contributed by atoms with Gasteiger partial charge in [-0.2, -0.15) is 0 Å². The van der Waals surface area contributed by atoms with E-state index in [1.54, 1.807) is 0 Å². The molecule has 0 bridgehead atoms. The molecular weight excluding hydrogens is 416 g/mol. The minimum absolute atomic E-state index is 0.0393. The summed E-state index contributed by atoms with van der Waals surface area (Å²) in [5.41, 5.74) is 2.75. The van der Waals surface area contributed by atoms with Gasteiger partial charge in [-0.3, -0.25) is 4.79 Å². The second-order valence-electron chi connectivity index (χ2n) is 11.5. The first-order valence-corrected chi connectivity index (χ1v) is 12.3. The fourth-order valence-corrected chi connectivity index (χ4v) is 4.36. The van der Waals surface area contributed by atoms with Crippen LogP contribution in [0.5, 0.6) is 0 Å². The molecule has 0 aromatic carbocycles. The molecule has 0 N–H and O–H groups in total. The van der Waals surface area contributed by atoms with Crippen LogP contribution in [0.2, 0.25) is 0 Å². The second-order valence-corrected chi connectivity index (χ2v) is 11.5. The summed E-state index contributed by atoms with van der Waals surface area (Å²) in [5.74, 6) is -0.810. The van der Waals surface area contributed by atoms with Crippen LogP contribution in [0.1, 0.15) is 94.9 Å². The highest BCUT2D eigenvalue weighted by atomic mass is 16.8. The average Bonchev–Trinajstić information content (AvgIpc) is 2.93. The van der Waals surface area contributed by atoms with E-state index < -0.39 is 16.8 Å². The van der Waals surface area contributed by atoms with Crippen LogP contribution < -0.4 is 0 Å². The van der Waals surface area contributed by atoms with Gasteiger partial charge < -0.3 is 18.9 Å². The van der Waals surface area contributed by atoms with Crippen molar-refractivity contribution in [2.75, 3.05) is 6.61 Å². The highest BCUT2D eigenvalue weighted by Gasteiger charge is 2.55. The van der Waals surface area contributed by atoms with E-state index in [2.05, 4.69) is 46.8 Å². The first kappa shape index (κ1) is 27.8. The molecule has 0 saturated carbocycles. The van der Waals surface area contributed by atoms with Gasteiger partial charge in [-0.05, 0) is 107 Å². The molecule has 0 aromatic rings. The zero-order chi connectivity index (χ0) is 25.0. The van der Waals surface area contributed by atoms with Crippen molar-refractivity contribution in [1.29, 1.82) is 0 Å². The van der Waals surface area contributed by atoms with Crippen molar-refractivity contribution in [3.63, 3.8) is 0 Å². The van der Waals surface area contributed by atoms with Gasteiger partial charge in [0.1, 0.15) is 12.2 Å². The molecule has 0 amide bonds. The van der Waals surface area contributed by atoms with Crippen LogP contribution in [-0.4, -0.2) is 42.3 Å². The quantitative estimate of drug-likeness (QED) is 0.298. The lowest BCUT2D eigenvalue weighted by atomic mass is 9.85. The number of rotatable bonds is 8. The predicted octanol–water partition coefficient (Wildman–Crippen LogP) is 6.67. The Balaban J connectivity index is 2.01. The Hall–Kier alpha value is -1.43. The fourth-order valence-electron chi connectivity index (χ4n) is 4.36. The summed E-state index contributed by atoms with van der Waals surface area (Å²) in [6.45, 7) is 20.4. The Kier molecular flexibility index (Phi) is 9.17. The number of hydrogen-bond donors (Lipinski definition) is 0.